The second kappa shape index (κ2) is 6.65. The summed E-state index contributed by atoms with van der Waals surface area (Å²) in [5, 5.41) is 7.99. The van der Waals surface area contributed by atoms with E-state index in [1.54, 1.807) is 36.8 Å². The highest BCUT2D eigenvalue weighted by molar-refractivity contribution is 5.94. The number of nitrogens with two attached hydrogens (primary N) is 1. The minimum absolute atomic E-state index is 0.161. The number of fused-ring (bicyclic) bond motifs is 1. The smallest absolute Gasteiger partial charge is 0.147 e. The first-order valence-corrected chi connectivity index (χ1v) is 9.11. The van der Waals surface area contributed by atoms with Crippen molar-refractivity contribution in [1.29, 1.82) is 0 Å². The molecule has 3 N–H and O–H groups in total. The highest BCUT2D eigenvalue weighted by atomic mass is 19.1. The zero-order valence-corrected chi connectivity index (χ0v) is 15.0. The molecule has 5 rings (SSSR count). The van der Waals surface area contributed by atoms with E-state index in [4.69, 9.17) is 10.7 Å². The molecule has 0 radical (unpaired) electrons. The van der Waals surface area contributed by atoms with Gasteiger partial charge in [0.15, 0.2) is 0 Å². The molecule has 1 aromatic carbocycles. The molecule has 0 aliphatic carbocycles. The van der Waals surface area contributed by atoms with Crippen LogP contribution in [0.15, 0.2) is 48.9 Å². The van der Waals surface area contributed by atoms with Gasteiger partial charge in [0.1, 0.15) is 23.0 Å². The number of aromatic amines is 1. The maximum atomic E-state index is 14.3. The Morgan fingerprint density at radius 2 is 2.04 bits per heavy atom. The number of halogens is 1. The number of pyridine rings is 1. The summed E-state index contributed by atoms with van der Waals surface area (Å²) in [5.41, 5.74) is 9.04. The van der Waals surface area contributed by atoms with Gasteiger partial charge in [-0.15, -0.1) is 0 Å². The lowest BCUT2D eigenvalue weighted by Crippen LogP contribution is -2.27. The highest BCUT2D eigenvalue weighted by Gasteiger charge is 2.21. The van der Waals surface area contributed by atoms with Crippen molar-refractivity contribution >= 4 is 16.7 Å². The quantitative estimate of drug-likeness (QED) is 0.572. The van der Waals surface area contributed by atoms with Gasteiger partial charge < -0.3 is 10.6 Å². The monoisotopic (exact) mass is 375 g/mol. The number of rotatable bonds is 3. The van der Waals surface area contributed by atoms with Gasteiger partial charge in [-0.1, -0.05) is 12.1 Å². The van der Waals surface area contributed by atoms with Crippen molar-refractivity contribution < 1.29 is 4.39 Å². The van der Waals surface area contributed by atoms with Crippen molar-refractivity contribution in [2.75, 3.05) is 18.0 Å². The Balaban J connectivity index is 1.57. The summed E-state index contributed by atoms with van der Waals surface area (Å²) in [6, 6.07) is 8.61. The predicted octanol–water partition coefficient (Wildman–Crippen LogP) is 2.76. The van der Waals surface area contributed by atoms with Crippen molar-refractivity contribution in [2.45, 2.75) is 12.5 Å². The fourth-order valence-electron chi connectivity index (χ4n) is 3.54. The molecule has 1 aliphatic rings. The minimum Gasteiger partial charge on any atom is -0.354 e. The number of nitrogens with zero attached hydrogens (tertiary/aromatic N) is 5. The number of H-pyrrole nitrogens is 1. The Bertz CT molecular complexity index is 1160. The van der Waals surface area contributed by atoms with Crippen molar-refractivity contribution in [3.05, 3.63) is 54.7 Å². The molecule has 4 heterocycles. The normalized spacial score (nSPS) is 16.8. The molecule has 0 saturated carbocycles. The predicted molar refractivity (Wildman–Crippen MR) is 105 cm³/mol. The summed E-state index contributed by atoms with van der Waals surface area (Å²) >= 11 is 0. The van der Waals surface area contributed by atoms with Gasteiger partial charge in [0, 0.05) is 30.1 Å². The molecule has 7 nitrogen and oxygen atoms in total. The summed E-state index contributed by atoms with van der Waals surface area (Å²) in [7, 11) is 0. The van der Waals surface area contributed by atoms with Gasteiger partial charge in [0.2, 0.25) is 0 Å². The molecule has 8 heteroatoms. The molecule has 28 heavy (non-hydrogen) atoms. The van der Waals surface area contributed by atoms with Crippen LogP contribution in [0.4, 0.5) is 10.2 Å². The van der Waals surface area contributed by atoms with Gasteiger partial charge in [-0.2, -0.15) is 5.10 Å². The number of hydrogen-bond acceptors (Lipinski definition) is 6. The molecule has 1 atom stereocenters. The fraction of sp³-hybridized carbons (Fsp3) is 0.200. The molecule has 0 bridgehead atoms. The van der Waals surface area contributed by atoms with E-state index in [9.17, 15) is 4.39 Å². The van der Waals surface area contributed by atoms with Crippen molar-refractivity contribution in [2.24, 2.45) is 5.73 Å². The fourth-order valence-corrected chi connectivity index (χ4v) is 3.54. The zero-order valence-electron chi connectivity index (χ0n) is 15.0. The molecule has 0 amide bonds. The molecule has 1 fully saturated rings. The number of nitrogens with one attached hydrogen (secondary N) is 1. The van der Waals surface area contributed by atoms with Gasteiger partial charge in [-0.25, -0.2) is 9.37 Å². The number of hydrogen-bond donors (Lipinski definition) is 2. The van der Waals surface area contributed by atoms with Crippen LogP contribution in [0.2, 0.25) is 0 Å². The van der Waals surface area contributed by atoms with Gasteiger partial charge >= 0.3 is 0 Å². The number of benzene rings is 1. The van der Waals surface area contributed by atoms with Crippen molar-refractivity contribution in [3.8, 4) is 22.6 Å². The standard InChI is InChI=1S/C20H18FN7/c21-15-4-2-1-3-13(15)20-14-7-16(24-9-17(14)26-27-20)18-8-23-10-19(25-18)28-6-5-12(22)11-28/h1-4,7-10,12H,5-6,11,22H2,(H,26,27)/t12-/m1/s1. The summed E-state index contributed by atoms with van der Waals surface area (Å²) in [6.45, 7) is 1.63. The SMILES string of the molecule is N[C@@H]1CCN(c2cncc(-c3cc4c(-c5ccccc5F)n[nH]c4cn3)n2)C1. The second-order valence-electron chi connectivity index (χ2n) is 6.92. The molecule has 1 aliphatic heterocycles. The van der Waals surface area contributed by atoms with E-state index in [-0.39, 0.29) is 11.9 Å². The van der Waals surface area contributed by atoms with E-state index in [0.29, 0.717) is 22.6 Å². The topological polar surface area (TPSA) is 96.6 Å². The maximum absolute atomic E-state index is 14.3. The summed E-state index contributed by atoms with van der Waals surface area (Å²) in [6.07, 6.45) is 6.04. The Morgan fingerprint density at radius 1 is 1.14 bits per heavy atom. The lowest BCUT2D eigenvalue weighted by atomic mass is 10.1. The molecular weight excluding hydrogens is 357 g/mol. The zero-order chi connectivity index (χ0) is 19.1. The average molecular weight is 375 g/mol. The van der Waals surface area contributed by atoms with Crippen LogP contribution in [-0.4, -0.2) is 44.3 Å². The first-order chi connectivity index (χ1) is 13.7. The van der Waals surface area contributed by atoms with Crippen LogP contribution >= 0.6 is 0 Å². The van der Waals surface area contributed by atoms with Crippen LogP contribution in [0.1, 0.15) is 6.42 Å². The highest BCUT2D eigenvalue weighted by Crippen LogP contribution is 2.30. The average Bonchev–Trinajstić information content (AvgIpc) is 3.34. The van der Waals surface area contributed by atoms with E-state index in [1.807, 2.05) is 6.07 Å². The van der Waals surface area contributed by atoms with Crippen LogP contribution in [0, 0.1) is 5.82 Å². The van der Waals surface area contributed by atoms with Crippen LogP contribution in [0.3, 0.4) is 0 Å². The van der Waals surface area contributed by atoms with E-state index < -0.39 is 0 Å². The van der Waals surface area contributed by atoms with Crippen LogP contribution in [-0.2, 0) is 0 Å². The largest absolute Gasteiger partial charge is 0.354 e. The van der Waals surface area contributed by atoms with Gasteiger partial charge in [0.05, 0.1) is 29.8 Å². The van der Waals surface area contributed by atoms with Gasteiger partial charge in [-0.05, 0) is 24.6 Å². The van der Waals surface area contributed by atoms with Crippen molar-refractivity contribution in [3.63, 3.8) is 0 Å². The lowest BCUT2D eigenvalue weighted by molar-refractivity contribution is 0.631. The first-order valence-electron chi connectivity index (χ1n) is 9.11. The Morgan fingerprint density at radius 3 is 2.86 bits per heavy atom. The third kappa shape index (κ3) is 2.87. The van der Waals surface area contributed by atoms with Crippen molar-refractivity contribution in [1.82, 2.24) is 25.1 Å². The maximum Gasteiger partial charge on any atom is 0.147 e. The molecular formula is C20H18FN7. The summed E-state index contributed by atoms with van der Waals surface area (Å²) in [5.74, 6) is 0.468. The van der Waals surface area contributed by atoms with Crippen LogP contribution in [0.5, 0.6) is 0 Å². The van der Waals surface area contributed by atoms with E-state index >= 15 is 0 Å². The summed E-state index contributed by atoms with van der Waals surface area (Å²) in [4.78, 5) is 15.6. The second-order valence-corrected chi connectivity index (χ2v) is 6.92. The molecule has 4 aromatic rings. The molecule has 3 aromatic heterocycles. The van der Waals surface area contributed by atoms with Gasteiger partial charge in [0.25, 0.3) is 0 Å². The van der Waals surface area contributed by atoms with Crippen LogP contribution in [0.25, 0.3) is 33.5 Å². The number of aromatic nitrogens is 5. The van der Waals surface area contributed by atoms with E-state index in [2.05, 4.69) is 25.1 Å². The molecule has 1 saturated heterocycles. The Labute approximate surface area is 160 Å². The van der Waals surface area contributed by atoms with E-state index in [1.165, 1.54) is 6.07 Å². The van der Waals surface area contributed by atoms with Gasteiger partial charge in [-0.3, -0.25) is 15.1 Å². The minimum atomic E-state index is -0.318. The number of anilines is 1. The Kier molecular flexibility index (Phi) is 3.98. The third-order valence-corrected chi connectivity index (χ3v) is 5.01. The Hall–Kier alpha value is -3.39. The van der Waals surface area contributed by atoms with Crippen LogP contribution < -0.4 is 10.6 Å². The summed E-state index contributed by atoms with van der Waals surface area (Å²) < 4.78 is 14.3. The third-order valence-electron chi connectivity index (χ3n) is 5.01. The molecule has 0 unspecified atom stereocenters. The molecule has 140 valence electrons. The lowest BCUT2D eigenvalue weighted by Gasteiger charge is -2.16. The van der Waals surface area contributed by atoms with E-state index in [0.717, 1.165) is 36.2 Å². The molecule has 0 spiro atoms. The first kappa shape index (κ1) is 16.8.